The molecule has 0 aliphatic carbocycles. The molecule has 2 nitrogen and oxygen atoms in total. The molecule has 2 N–H and O–H groups in total. The lowest BCUT2D eigenvalue weighted by Crippen LogP contribution is -2.44. The molecule has 1 aromatic carbocycles. The Balaban J connectivity index is 2.94. The number of hydrogen-bond acceptors (Lipinski definition) is 2. The van der Waals surface area contributed by atoms with Gasteiger partial charge in [-0.2, -0.15) is 0 Å². The summed E-state index contributed by atoms with van der Waals surface area (Å²) in [5, 5.41) is 14.0. The Morgan fingerprint density at radius 3 is 2.41 bits per heavy atom. The summed E-state index contributed by atoms with van der Waals surface area (Å²) in [5.74, 6) is 0.517. The Kier molecular flexibility index (Phi) is 5.26. The Hall–Kier alpha value is -0.280. The van der Waals surface area contributed by atoms with Crippen molar-refractivity contribution in [2.45, 2.75) is 26.3 Å². The number of hydrogen-bond donors (Lipinski definition) is 2. The first kappa shape index (κ1) is 14.8. The first-order valence-corrected chi connectivity index (χ1v) is 6.46. The molecule has 0 aromatic heterocycles. The predicted octanol–water partition coefficient (Wildman–Crippen LogP) is 3.45. The van der Waals surface area contributed by atoms with Crippen LogP contribution in [0.5, 0.6) is 0 Å². The van der Waals surface area contributed by atoms with E-state index in [9.17, 15) is 5.11 Å². The Labute approximate surface area is 113 Å². The van der Waals surface area contributed by atoms with E-state index in [1.807, 2.05) is 13.0 Å². The zero-order chi connectivity index (χ0) is 13.1. The first-order valence-electron chi connectivity index (χ1n) is 5.70. The third-order valence-electron chi connectivity index (χ3n) is 2.77. The van der Waals surface area contributed by atoms with Gasteiger partial charge in [0.2, 0.25) is 0 Å². The van der Waals surface area contributed by atoms with Crippen molar-refractivity contribution in [3.05, 3.63) is 33.8 Å². The van der Waals surface area contributed by atoms with Gasteiger partial charge in [0.05, 0.1) is 22.2 Å². The average Bonchev–Trinajstić information content (AvgIpc) is 2.29. The van der Waals surface area contributed by atoms with Gasteiger partial charge in [0.15, 0.2) is 0 Å². The number of rotatable bonds is 5. The molecule has 0 saturated heterocycles. The molecule has 0 spiro atoms. The second-order valence-corrected chi connectivity index (χ2v) is 5.71. The minimum absolute atomic E-state index is 0.0116. The van der Waals surface area contributed by atoms with E-state index in [0.29, 0.717) is 16.0 Å². The van der Waals surface area contributed by atoms with E-state index in [2.05, 4.69) is 19.2 Å². The molecular formula is C13H19Cl2NO. The predicted molar refractivity (Wildman–Crippen MR) is 73.7 cm³/mol. The fourth-order valence-electron chi connectivity index (χ4n) is 1.52. The molecule has 96 valence electrons. The van der Waals surface area contributed by atoms with Gasteiger partial charge in [-0.1, -0.05) is 43.1 Å². The maximum atomic E-state index is 9.57. The van der Waals surface area contributed by atoms with Crippen molar-refractivity contribution in [2.75, 3.05) is 13.2 Å². The van der Waals surface area contributed by atoms with Gasteiger partial charge in [0, 0.05) is 0 Å². The SMILES string of the molecule is CC(C)CNC(C)(CO)c1ccc(Cl)c(Cl)c1. The highest BCUT2D eigenvalue weighted by Crippen LogP contribution is 2.28. The summed E-state index contributed by atoms with van der Waals surface area (Å²) in [5.41, 5.74) is 0.452. The molecule has 0 aliphatic rings. The van der Waals surface area contributed by atoms with E-state index in [1.165, 1.54) is 0 Å². The number of nitrogens with one attached hydrogen (secondary N) is 1. The highest BCUT2D eigenvalue weighted by Gasteiger charge is 2.25. The van der Waals surface area contributed by atoms with Gasteiger partial charge in [-0.25, -0.2) is 0 Å². The summed E-state index contributed by atoms with van der Waals surface area (Å²) in [6, 6.07) is 5.44. The summed E-state index contributed by atoms with van der Waals surface area (Å²) in [7, 11) is 0. The largest absolute Gasteiger partial charge is 0.394 e. The number of benzene rings is 1. The Morgan fingerprint density at radius 1 is 1.29 bits per heavy atom. The molecule has 0 heterocycles. The van der Waals surface area contributed by atoms with Crippen molar-refractivity contribution in [1.82, 2.24) is 5.32 Å². The second-order valence-electron chi connectivity index (χ2n) is 4.89. The number of aliphatic hydroxyl groups excluding tert-OH is 1. The van der Waals surface area contributed by atoms with Crippen LogP contribution >= 0.6 is 23.2 Å². The molecule has 1 unspecified atom stereocenters. The van der Waals surface area contributed by atoms with E-state index in [-0.39, 0.29) is 6.61 Å². The van der Waals surface area contributed by atoms with Crippen LogP contribution in [0.1, 0.15) is 26.3 Å². The summed E-state index contributed by atoms with van der Waals surface area (Å²) < 4.78 is 0. The van der Waals surface area contributed by atoms with E-state index in [1.54, 1.807) is 12.1 Å². The lowest BCUT2D eigenvalue weighted by Gasteiger charge is -2.30. The van der Waals surface area contributed by atoms with E-state index in [0.717, 1.165) is 12.1 Å². The van der Waals surface area contributed by atoms with Gasteiger partial charge in [-0.15, -0.1) is 0 Å². The van der Waals surface area contributed by atoms with Crippen molar-refractivity contribution in [1.29, 1.82) is 0 Å². The quantitative estimate of drug-likeness (QED) is 0.863. The van der Waals surface area contributed by atoms with Gasteiger partial charge < -0.3 is 10.4 Å². The van der Waals surface area contributed by atoms with Crippen LogP contribution in [0.2, 0.25) is 10.0 Å². The maximum Gasteiger partial charge on any atom is 0.0652 e. The van der Waals surface area contributed by atoms with Crippen LogP contribution in [0.25, 0.3) is 0 Å². The Bertz CT molecular complexity index is 382. The molecule has 4 heteroatoms. The minimum Gasteiger partial charge on any atom is -0.394 e. The molecule has 1 aromatic rings. The van der Waals surface area contributed by atoms with Crippen LogP contribution in [-0.2, 0) is 5.54 Å². The molecule has 0 saturated carbocycles. The van der Waals surface area contributed by atoms with Crippen LogP contribution < -0.4 is 5.32 Å². The summed E-state index contributed by atoms with van der Waals surface area (Å²) >= 11 is 11.9. The van der Waals surface area contributed by atoms with Gasteiger partial charge >= 0.3 is 0 Å². The fourth-order valence-corrected chi connectivity index (χ4v) is 1.82. The maximum absolute atomic E-state index is 9.57. The fraction of sp³-hybridized carbons (Fsp3) is 0.538. The van der Waals surface area contributed by atoms with E-state index in [4.69, 9.17) is 23.2 Å². The lowest BCUT2D eigenvalue weighted by atomic mass is 9.92. The molecule has 1 atom stereocenters. The minimum atomic E-state index is -0.488. The molecule has 17 heavy (non-hydrogen) atoms. The van der Waals surface area contributed by atoms with Crippen LogP contribution in [0, 0.1) is 5.92 Å². The zero-order valence-electron chi connectivity index (χ0n) is 10.4. The number of halogens is 2. The van der Waals surface area contributed by atoms with E-state index < -0.39 is 5.54 Å². The molecule has 1 rings (SSSR count). The third kappa shape index (κ3) is 3.85. The topological polar surface area (TPSA) is 32.3 Å². The smallest absolute Gasteiger partial charge is 0.0652 e. The average molecular weight is 276 g/mol. The van der Waals surface area contributed by atoms with E-state index >= 15 is 0 Å². The molecule has 0 fully saturated rings. The second kappa shape index (κ2) is 6.05. The van der Waals surface area contributed by atoms with Crippen LogP contribution in [0.4, 0.5) is 0 Å². The zero-order valence-corrected chi connectivity index (χ0v) is 11.9. The summed E-state index contributed by atoms with van der Waals surface area (Å²) in [6.07, 6.45) is 0. The normalized spacial score (nSPS) is 15.0. The monoisotopic (exact) mass is 275 g/mol. The first-order chi connectivity index (χ1) is 7.89. The molecule has 0 aliphatic heterocycles. The van der Waals surface area contributed by atoms with Crippen molar-refractivity contribution >= 4 is 23.2 Å². The van der Waals surface area contributed by atoms with Gasteiger partial charge in [-0.3, -0.25) is 0 Å². The summed E-state index contributed by atoms with van der Waals surface area (Å²) in [4.78, 5) is 0. The van der Waals surface area contributed by atoms with Crippen molar-refractivity contribution in [3.8, 4) is 0 Å². The summed E-state index contributed by atoms with van der Waals surface area (Å²) in [6.45, 7) is 7.04. The van der Waals surface area contributed by atoms with Gasteiger partial charge in [-0.05, 0) is 37.1 Å². The van der Waals surface area contributed by atoms with Gasteiger partial charge in [0.1, 0.15) is 0 Å². The lowest BCUT2D eigenvalue weighted by molar-refractivity contribution is 0.171. The van der Waals surface area contributed by atoms with Crippen molar-refractivity contribution < 1.29 is 5.11 Å². The van der Waals surface area contributed by atoms with Gasteiger partial charge in [0.25, 0.3) is 0 Å². The highest BCUT2D eigenvalue weighted by atomic mass is 35.5. The van der Waals surface area contributed by atoms with Crippen LogP contribution in [0.15, 0.2) is 18.2 Å². The van der Waals surface area contributed by atoms with Crippen LogP contribution in [-0.4, -0.2) is 18.3 Å². The standard InChI is InChI=1S/C13H19Cl2NO/c1-9(2)7-16-13(3,8-17)10-4-5-11(14)12(15)6-10/h4-6,9,16-17H,7-8H2,1-3H3. The van der Waals surface area contributed by atoms with Crippen LogP contribution in [0.3, 0.4) is 0 Å². The molecule has 0 bridgehead atoms. The number of aliphatic hydroxyl groups is 1. The highest BCUT2D eigenvalue weighted by molar-refractivity contribution is 6.42. The molecule has 0 amide bonds. The molecular weight excluding hydrogens is 257 g/mol. The van der Waals surface area contributed by atoms with Crippen molar-refractivity contribution in [2.24, 2.45) is 5.92 Å². The van der Waals surface area contributed by atoms with Crippen molar-refractivity contribution in [3.63, 3.8) is 0 Å². The third-order valence-corrected chi connectivity index (χ3v) is 3.51. The Morgan fingerprint density at radius 2 is 1.94 bits per heavy atom. The molecule has 0 radical (unpaired) electrons.